The highest BCUT2D eigenvalue weighted by molar-refractivity contribution is 6.31. The van der Waals surface area contributed by atoms with Crippen molar-refractivity contribution >= 4 is 34.8 Å². The molecule has 30 heavy (non-hydrogen) atoms. The van der Waals surface area contributed by atoms with Crippen LogP contribution in [0.15, 0.2) is 59.4 Å². The number of carbonyl (C=O) groups excluding carboxylic acids is 2. The van der Waals surface area contributed by atoms with Crippen LogP contribution in [0.4, 0.5) is 24.5 Å². The fraction of sp³-hybridized carbons (Fsp3) is 0.100. The molecule has 10 heteroatoms. The SMILES string of the molecule is COc1ccc(Cl)cc1C(=O)Nc1ccc(NC(=O)c2ccoc2)cc1C(F)(F)F. The van der Waals surface area contributed by atoms with Crippen LogP contribution in [-0.2, 0) is 6.18 Å². The van der Waals surface area contributed by atoms with E-state index in [2.05, 4.69) is 10.6 Å². The minimum Gasteiger partial charge on any atom is -0.496 e. The summed E-state index contributed by atoms with van der Waals surface area (Å²) in [4.78, 5) is 24.6. The van der Waals surface area contributed by atoms with E-state index in [-0.39, 0.29) is 27.6 Å². The molecule has 0 unspecified atom stereocenters. The smallest absolute Gasteiger partial charge is 0.418 e. The maximum absolute atomic E-state index is 13.6. The third-order valence-electron chi connectivity index (χ3n) is 4.02. The van der Waals surface area contributed by atoms with Crippen molar-refractivity contribution in [3.05, 3.63) is 76.7 Å². The van der Waals surface area contributed by atoms with Crippen molar-refractivity contribution in [1.29, 1.82) is 0 Å². The van der Waals surface area contributed by atoms with Crippen LogP contribution in [0.1, 0.15) is 26.3 Å². The average Bonchev–Trinajstić information content (AvgIpc) is 3.23. The van der Waals surface area contributed by atoms with Gasteiger partial charge in [0.15, 0.2) is 0 Å². The Balaban J connectivity index is 1.90. The van der Waals surface area contributed by atoms with Gasteiger partial charge < -0.3 is 19.8 Å². The van der Waals surface area contributed by atoms with E-state index in [4.69, 9.17) is 20.8 Å². The molecule has 2 aromatic carbocycles. The summed E-state index contributed by atoms with van der Waals surface area (Å²) >= 11 is 5.87. The Kier molecular flexibility index (Phi) is 6.02. The highest BCUT2D eigenvalue weighted by Crippen LogP contribution is 2.37. The number of methoxy groups -OCH3 is 1. The molecular formula is C20H14ClF3N2O4. The number of rotatable bonds is 5. The fourth-order valence-corrected chi connectivity index (χ4v) is 2.78. The molecule has 2 N–H and O–H groups in total. The highest BCUT2D eigenvalue weighted by atomic mass is 35.5. The number of ether oxygens (including phenoxy) is 1. The Morgan fingerprint density at radius 2 is 1.80 bits per heavy atom. The monoisotopic (exact) mass is 438 g/mol. The molecule has 0 saturated carbocycles. The van der Waals surface area contributed by atoms with E-state index in [0.717, 1.165) is 18.4 Å². The Hall–Kier alpha value is -3.46. The lowest BCUT2D eigenvalue weighted by Gasteiger charge is -2.16. The molecule has 0 radical (unpaired) electrons. The normalized spacial score (nSPS) is 11.1. The molecule has 0 bridgehead atoms. The first-order valence-corrected chi connectivity index (χ1v) is 8.76. The van der Waals surface area contributed by atoms with Gasteiger partial charge in [0.1, 0.15) is 12.0 Å². The van der Waals surface area contributed by atoms with Crippen LogP contribution < -0.4 is 15.4 Å². The molecule has 1 aromatic heterocycles. The number of alkyl halides is 3. The van der Waals surface area contributed by atoms with Crippen molar-refractivity contribution in [2.24, 2.45) is 0 Å². The molecule has 1 heterocycles. The number of nitrogens with one attached hydrogen (secondary N) is 2. The second-order valence-corrected chi connectivity index (χ2v) is 6.46. The van der Waals surface area contributed by atoms with Crippen LogP contribution in [0.25, 0.3) is 0 Å². The van der Waals surface area contributed by atoms with Crippen LogP contribution in [0, 0.1) is 0 Å². The van der Waals surface area contributed by atoms with Gasteiger partial charge in [0.05, 0.1) is 35.8 Å². The summed E-state index contributed by atoms with van der Waals surface area (Å²) in [5.74, 6) is -1.33. The third-order valence-corrected chi connectivity index (χ3v) is 4.26. The van der Waals surface area contributed by atoms with Gasteiger partial charge in [-0.3, -0.25) is 9.59 Å². The van der Waals surface area contributed by atoms with Crippen molar-refractivity contribution < 1.29 is 31.9 Å². The van der Waals surface area contributed by atoms with Gasteiger partial charge in [-0.1, -0.05) is 11.6 Å². The number of furan rings is 1. The lowest BCUT2D eigenvalue weighted by atomic mass is 10.1. The van der Waals surface area contributed by atoms with Gasteiger partial charge in [-0.25, -0.2) is 0 Å². The van der Waals surface area contributed by atoms with E-state index in [9.17, 15) is 22.8 Å². The largest absolute Gasteiger partial charge is 0.496 e. The lowest BCUT2D eigenvalue weighted by molar-refractivity contribution is -0.136. The van der Waals surface area contributed by atoms with E-state index >= 15 is 0 Å². The zero-order valence-corrected chi connectivity index (χ0v) is 16.1. The zero-order chi connectivity index (χ0) is 21.9. The third kappa shape index (κ3) is 4.74. The first kappa shape index (κ1) is 21.3. The van der Waals surface area contributed by atoms with Crippen molar-refractivity contribution in [1.82, 2.24) is 0 Å². The molecule has 0 spiro atoms. The standard InChI is InChI=1S/C20H14ClF3N2O4/c1-29-17-5-2-12(21)8-14(17)19(28)26-16-4-3-13(9-15(16)20(22,23)24)25-18(27)11-6-7-30-10-11/h2-10H,1H3,(H,25,27)(H,26,28). The summed E-state index contributed by atoms with van der Waals surface area (Å²) in [5, 5.41) is 4.78. The first-order valence-electron chi connectivity index (χ1n) is 8.38. The van der Waals surface area contributed by atoms with Crippen molar-refractivity contribution in [3.8, 4) is 5.75 Å². The van der Waals surface area contributed by atoms with E-state index in [1.165, 1.54) is 43.7 Å². The van der Waals surface area contributed by atoms with E-state index in [1.807, 2.05) is 0 Å². The van der Waals surface area contributed by atoms with E-state index in [1.54, 1.807) is 0 Å². The number of benzene rings is 2. The van der Waals surface area contributed by atoms with Gasteiger partial charge in [0.2, 0.25) is 0 Å². The van der Waals surface area contributed by atoms with Gasteiger partial charge >= 0.3 is 6.18 Å². The maximum atomic E-state index is 13.6. The van der Waals surface area contributed by atoms with E-state index < -0.39 is 29.2 Å². The summed E-state index contributed by atoms with van der Waals surface area (Å²) in [5.41, 5.74) is -1.62. The molecule has 0 saturated heterocycles. The molecule has 0 aliphatic carbocycles. The molecule has 0 aliphatic rings. The average molecular weight is 439 g/mol. The Bertz CT molecular complexity index is 1080. The van der Waals surface area contributed by atoms with Gasteiger partial charge in [-0.15, -0.1) is 0 Å². The minimum atomic E-state index is -4.79. The predicted molar refractivity (Wildman–Crippen MR) is 104 cm³/mol. The maximum Gasteiger partial charge on any atom is 0.418 e. The molecule has 2 amide bonds. The zero-order valence-electron chi connectivity index (χ0n) is 15.3. The molecule has 3 rings (SSSR count). The second-order valence-electron chi connectivity index (χ2n) is 6.02. The summed E-state index contributed by atoms with van der Waals surface area (Å²) in [6, 6.07) is 8.56. The lowest BCUT2D eigenvalue weighted by Crippen LogP contribution is -2.18. The van der Waals surface area contributed by atoms with Crippen LogP contribution in [-0.4, -0.2) is 18.9 Å². The number of halogens is 4. The quantitative estimate of drug-likeness (QED) is 0.554. The van der Waals surface area contributed by atoms with Crippen molar-refractivity contribution in [2.75, 3.05) is 17.7 Å². The molecule has 0 aliphatic heterocycles. The number of anilines is 2. The Morgan fingerprint density at radius 1 is 1.03 bits per heavy atom. The fourth-order valence-electron chi connectivity index (χ4n) is 2.61. The molecule has 6 nitrogen and oxygen atoms in total. The molecular weight excluding hydrogens is 425 g/mol. The molecule has 3 aromatic rings. The van der Waals surface area contributed by atoms with Crippen molar-refractivity contribution in [2.45, 2.75) is 6.18 Å². The number of amides is 2. The molecule has 156 valence electrons. The van der Waals surface area contributed by atoms with Gasteiger partial charge in [-0.05, 0) is 42.5 Å². The Labute approximate surface area is 173 Å². The van der Waals surface area contributed by atoms with Crippen molar-refractivity contribution in [3.63, 3.8) is 0 Å². The number of carbonyl (C=O) groups is 2. The summed E-state index contributed by atoms with van der Waals surface area (Å²) in [6.07, 6.45) is -2.37. The predicted octanol–water partition coefficient (Wildman–Crippen LogP) is 5.47. The van der Waals surface area contributed by atoms with Crippen LogP contribution in [0.5, 0.6) is 5.75 Å². The van der Waals surface area contributed by atoms with Gasteiger partial charge in [0, 0.05) is 10.7 Å². The summed E-state index contributed by atoms with van der Waals surface area (Å²) in [6.45, 7) is 0. The molecule has 0 atom stereocenters. The van der Waals surface area contributed by atoms with Crippen LogP contribution >= 0.6 is 11.6 Å². The highest BCUT2D eigenvalue weighted by Gasteiger charge is 2.34. The summed E-state index contributed by atoms with van der Waals surface area (Å²) in [7, 11) is 1.32. The van der Waals surface area contributed by atoms with Crippen LogP contribution in [0.2, 0.25) is 5.02 Å². The topological polar surface area (TPSA) is 80.6 Å². The summed E-state index contributed by atoms with van der Waals surface area (Å²) < 4.78 is 50.6. The van der Waals surface area contributed by atoms with Gasteiger partial charge in [-0.2, -0.15) is 13.2 Å². The minimum absolute atomic E-state index is 0.0320. The second kappa shape index (κ2) is 8.50. The number of hydrogen-bond acceptors (Lipinski definition) is 4. The first-order chi connectivity index (χ1) is 14.2. The van der Waals surface area contributed by atoms with Crippen LogP contribution in [0.3, 0.4) is 0 Å². The molecule has 0 fully saturated rings. The number of hydrogen-bond donors (Lipinski definition) is 2. The Morgan fingerprint density at radius 3 is 2.43 bits per heavy atom. The van der Waals surface area contributed by atoms with E-state index in [0.29, 0.717) is 0 Å². The van der Waals surface area contributed by atoms with Gasteiger partial charge in [0.25, 0.3) is 11.8 Å².